The molecule has 1 N–H and O–H groups in total. The second-order valence-corrected chi connectivity index (χ2v) is 5.91. The summed E-state index contributed by atoms with van der Waals surface area (Å²) < 4.78 is 5.49. The van der Waals surface area contributed by atoms with E-state index in [1.165, 1.54) is 12.8 Å². The lowest BCUT2D eigenvalue weighted by atomic mass is 9.87. The van der Waals surface area contributed by atoms with Gasteiger partial charge in [0.25, 0.3) is 0 Å². The van der Waals surface area contributed by atoms with Crippen molar-refractivity contribution in [2.45, 2.75) is 44.6 Å². The summed E-state index contributed by atoms with van der Waals surface area (Å²) in [6, 6.07) is 0.583. The molecule has 1 spiro atoms. The van der Waals surface area contributed by atoms with E-state index in [2.05, 4.69) is 5.32 Å². The smallest absolute Gasteiger partial charge is 0.317 e. The number of urea groups is 1. The maximum atomic E-state index is 12.1. The Labute approximate surface area is 103 Å². The molecule has 2 heterocycles. The fourth-order valence-electron chi connectivity index (χ4n) is 3.42. The minimum atomic E-state index is 0.153. The lowest BCUT2D eigenvalue weighted by molar-refractivity contribution is 0.152. The third kappa shape index (κ3) is 2.28. The van der Waals surface area contributed by atoms with Gasteiger partial charge < -0.3 is 15.0 Å². The molecular weight excluding hydrogens is 216 g/mol. The van der Waals surface area contributed by atoms with Gasteiger partial charge in [-0.25, -0.2) is 4.79 Å². The minimum Gasteiger partial charge on any atom is -0.381 e. The molecule has 17 heavy (non-hydrogen) atoms. The highest BCUT2D eigenvalue weighted by Crippen LogP contribution is 2.38. The lowest BCUT2D eigenvalue weighted by Gasteiger charge is -2.23. The fourth-order valence-corrected chi connectivity index (χ4v) is 3.42. The van der Waals surface area contributed by atoms with E-state index >= 15 is 0 Å². The zero-order valence-corrected chi connectivity index (χ0v) is 10.4. The average molecular weight is 238 g/mol. The number of hydrogen-bond donors (Lipinski definition) is 1. The van der Waals surface area contributed by atoms with Crippen molar-refractivity contribution in [3.63, 3.8) is 0 Å². The standard InChI is InChI=1S/C13H22N2O2/c16-12(14-11-3-1-2-4-11)15-7-5-13(9-15)6-8-17-10-13/h11H,1-10H2,(H,14,16). The first kappa shape index (κ1) is 11.3. The first-order valence-corrected chi connectivity index (χ1v) is 6.91. The predicted octanol–water partition coefficient (Wildman–Crippen LogP) is 1.75. The molecule has 1 saturated carbocycles. The summed E-state index contributed by atoms with van der Waals surface area (Å²) in [4.78, 5) is 14.1. The van der Waals surface area contributed by atoms with E-state index in [1.54, 1.807) is 0 Å². The third-order valence-electron chi connectivity index (χ3n) is 4.59. The van der Waals surface area contributed by atoms with Crippen molar-refractivity contribution in [2.24, 2.45) is 5.41 Å². The number of ether oxygens (including phenoxy) is 1. The van der Waals surface area contributed by atoms with Crippen LogP contribution in [0.3, 0.4) is 0 Å². The highest BCUT2D eigenvalue weighted by molar-refractivity contribution is 5.75. The summed E-state index contributed by atoms with van der Waals surface area (Å²) in [6.45, 7) is 3.52. The molecule has 3 aliphatic rings. The maximum Gasteiger partial charge on any atom is 0.317 e. The number of rotatable bonds is 1. The SMILES string of the molecule is O=C(NC1CCCC1)N1CCC2(CCOC2)C1. The molecule has 0 bridgehead atoms. The molecule has 0 aromatic carbocycles. The topological polar surface area (TPSA) is 41.6 Å². The number of carbonyl (C=O) groups excluding carboxylic acids is 1. The Morgan fingerprint density at radius 3 is 2.82 bits per heavy atom. The summed E-state index contributed by atoms with van der Waals surface area (Å²) in [5.41, 5.74) is 0.285. The van der Waals surface area contributed by atoms with E-state index in [4.69, 9.17) is 4.74 Å². The Hall–Kier alpha value is -0.770. The van der Waals surface area contributed by atoms with E-state index in [1.807, 2.05) is 4.90 Å². The van der Waals surface area contributed by atoms with Crippen molar-refractivity contribution < 1.29 is 9.53 Å². The molecule has 0 aromatic rings. The first-order valence-electron chi connectivity index (χ1n) is 6.91. The number of likely N-dealkylation sites (tertiary alicyclic amines) is 1. The van der Waals surface area contributed by atoms with Crippen molar-refractivity contribution in [1.82, 2.24) is 10.2 Å². The highest BCUT2D eigenvalue weighted by Gasteiger charge is 2.42. The molecule has 2 saturated heterocycles. The lowest BCUT2D eigenvalue weighted by Crippen LogP contribution is -2.43. The van der Waals surface area contributed by atoms with Crippen LogP contribution in [0.15, 0.2) is 0 Å². The van der Waals surface area contributed by atoms with Crippen LogP contribution in [-0.2, 0) is 4.74 Å². The van der Waals surface area contributed by atoms with Crippen molar-refractivity contribution >= 4 is 6.03 Å². The normalized spacial score (nSPS) is 33.8. The van der Waals surface area contributed by atoms with Gasteiger partial charge >= 0.3 is 6.03 Å². The number of nitrogens with zero attached hydrogens (tertiary/aromatic N) is 1. The fraction of sp³-hybridized carbons (Fsp3) is 0.923. The molecule has 3 rings (SSSR count). The molecular formula is C13H22N2O2. The van der Waals surface area contributed by atoms with Crippen molar-refractivity contribution in [1.29, 1.82) is 0 Å². The van der Waals surface area contributed by atoms with E-state index in [-0.39, 0.29) is 11.4 Å². The van der Waals surface area contributed by atoms with Crippen LogP contribution in [0.5, 0.6) is 0 Å². The molecule has 4 nitrogen and oxygen atoms in total. The summed E-state index contributed by atoms with van der Waals surface area (Å²) in [5.74, 6) is 0. The zero-order chi connectivity index (χ0) is 11.7. The quantitative estimate of drug-likeness (QED) is 0.756. The van der Waals surface area contributed by atoms with Gasteiger partial charge in [-0.3, -0.25) is 0 Å². The van der Waals surface area contributed by atoms with Crippen molar-refractivity contribution in [3.8, 4) is 0 Å². The van der Waals surface area contributed by atoms with Gasteiger partial charge in [-0.2, -0.15) is 0 Å². The number of nitrogens with one attached hydrogen (secondary N) is 1. The Morgan fingerprint density at radius 2 is 2.12 bits per heavy atom. The molecule has 0 aromatic heterocycles. The van der Waals surface area contributed by atoms with E-state index in [0.29, 0.717) is 6.04 Å². The molecule has 1 unspecified atom stereocenters. The van der Waals surface area contributed by atoms with E-state index in [0.717, 1.165) is 52.0 Å². The predicted molar refractivity (Wildman–Crippen MR) is 64.8 cm³/mol. The molecule has 1 aliphatic carbocycles. The largest absolute Gasteiger partial charge is 0.381 e. The van der Waals surface area contributed by atoms with Gasteiger partial charge in [-0.1, -0.05) is 12.8 Å². The Morgan fingerprint density at radius 1 is 1.29 bits per heavy atom. The molecule has 1 atom stereocenters. The Bertz CT molecular complexity index is 294. The molecule has 2 amide bonds. The summed E-state index contributed by atoms with van der Waals surface area (Å²) in [7, 11) is 0. The molecule has 2 aliphatic heterocycles. The van der Waals surface area contributed by atoms with Crippen LogP contribution < -0.4 is 5.32 Å². The van der Waals surface area contributed by atoms with Crippen LogP contribution in [0.25, 0.3) is 0 Å². The van der Waals surface area contributed by atoms with Gasteiger partial charge in [0.2, 0.25) is 0 Å². The van der Waals surface area contributed by atoms with Crippen LogP contribution in [0.2, 0.25) is 0 Å². The van der Waals surface area contributed by atoms with Crippen LogP contribution in [0.1, 0.15) is 38.5 Å². The molecule has 96 valence electrons. The Kier molecular flexibility index (Phi) is 2.99. The number of carbonyl (C=O) groups is 1. The summed E-state index contributed by atoms with van der Waals surface area (Å²) >= 11 is 0. The third-order valence-corrected chi connectivity index (χ3v) is 4.59. The maximum absolute atomic E-state index is 12.1. The van der Waals surface area contributed by atoms with Crippen LogP contribution in [0.4, 0.5) is 4.79 Å². The number of hydrogen-bond acceptors (Lipinski definition) is 2. The molecule has 4 heteroatoms. The second kappa shape index (κ2) is 4.48. The summed E-state index contributed by atoms with van der Waals surface area (Å²) in [5, 5.41) is 3.17. The second-order valence-electron chi connectivity index (χ2n) is 5.91. The van der Waals surface area contributed by atoms with Crippen LogP contribution in [-0.4, -0.2) is 43.3 Å². The highest BCUT2D eigenvalue weighted by atomic mass is 16.5. The van der Waals surface area contributed by atoms with E-state index in [9.17, 15) is 4.79 Å². The van der Waals surface area contributed by atoms with Gasteiger partial charge in [0.1, 0.15) is 0 Å². The van der Waals surface area contributed by atoms with Gasteiger partial charge in [0.05, 0.1) is 6.61 Å². The van der Waals surface area contributed by atoms with Gasteiger partial charge in [0, 0.05) is 31.2 Å². The minimum absolute atomic E-state index is 0.153. The monoisotopic (exact) mass is 238 g/mol. The van der Waals surface area contributed by atoms with E-state index < -0.39 is 0 Å². The average Bonchev–Trinajstić information content (AvgIpc) is 3.03. The van der Waals surface area contributed by atoms with Gasteiger partial charge in [-0.05, 0) is 25.7 Å². The van der Waals surface area contributed by atoms with Crippen molar-refractivity contribution in [2.75, 3.05) is 26.3 Å². The molecule has 3 fully saturated rings. The molecule has 0 radical (unpaired) electrons. The first-order chi connectivity index (χ1) is 8.27. The number of amides is 2. The van der Waals surface area contributed by atoms with Crippen LogP contribution >= 0.6 is 0 Å². The van der Waals surface area contributed by atoms with Crippen LogP contribution in [0, 0.1) is 5.41 Å². The zero-order valence-electron chi connectivity index (χ0n) is 10.4. The summed E-state index contributed by atoms with van der Waals surface area (Å²) in [6.07, 6.45) is 7.10. The van der Waals surface area contributed by atoms with Gasteiger partial charge in [0.15, 0.2) is 0 Å². The van der Waals surface area contributed by atoms with Crippen molar-refractivity contribution in [3.05, 3.63) is 0 Å². The Balaban J connectivity index is 1.53. The van der Waals surface area contributed by atoms with Gasteiger partial charge in [-0.15, -0.1) is 0 Å².